The molecule has 5 nitrogen and oxygen atoms in total. The first kappa shape index (κ1) is 16.1. The highest BCUT2D eigenvalue weighted by molar-refractivity contribution is 9.10. The van der Waals surface area contributed by atoms with E-state index in [1.165, 1.54) is 0 Å². The minimum atomic E-state index is -0.0656. The van der Waals surface area contributed by atoms with Crippen molar-refractivity contribution in [3.05, 3.63) is 29.0 Å². The molecule has 7 heteroatoms. The van der Waals surface area contributed by atoms with Gasteiger partial charge in [-0.15, -0.1) is 0 Å². The van der Waals surface area contributed by atoms with E-state index in [2.05, 4.69) is 30.8 Å². The maximum Gasteiger partial charge on any atom is 0.245 e. The molecule has 0 aromatic carbocycles. The maximum absolute atomic E-state index is 13.0. The molecule has 1 unspecified atom stereocenters. The number of fused-ring (bicyclic) bond motifs is 1. The molecule has 2 fully saturated rings. The average Bonchev–Trinajstić information content (AvgIpc) is 3.10. The average molecular weight is 407 g/mol. The maximum atomic E-state index is 13.0. The van der Waals surface area contributed by atoms with Crippen molar-refractivity contribution in [2.24, 2.45) is 0 Å². The third kappa shape index (κ3) is 2.99. The number of hydrogen-bond donors (Lipinski definition) is 0. The summed E-state index contributed by atoms with van der Waals surface area (Å²) in [6, 6.07) is 3.89. The van der Waals surface area contributed by atoms with E-state index < -0.39 is 0 Å². The smallest absolute Gasteiger partial charge is 0.245 e. The number of rotatable bonds is 2. The molecule has 0 N–H and O–H groups in total. The van der Waals surface area contributed by atoms with Gasteiger partial charge in [-0.25, -0.2) is 0 Å². The van der Waals surface area contributed by atoms with Crippen LogP contribution >= 0.6 is 27.7 Å². The normalized spacial score (nSPS) is 21.5. The van der Waals surface area contributed by atoms with Gasteiger partial charge in [0, 0.05) is 48.0 Å². The molecule has 0 aliphatic carbocycles. The number of carbonyl (C=O) groups excluding carboxylic acids is 1. The summed E-state index contributed by atoms with van der Waals surface area (Å²) in [5.74, 6) is 2.37. The number of anilines is 1. The number of thioether (sulfide) groups is 1. The van der Waals surface area contributed by atoms with Crippen LogP contribution in [0.4, 0.5) is 5.69 Å². The Morgan fingerprint density at radius 2 is 2.08 bits per heavy atom. The number of nitrogens with zero attached hydrogens (tertiary/aromatic N) is 4. The molecule has 2 aliphatic heterocycles. The Hall–Kier alpha value is -1.34. The summed E-state index contributed by atoms with van der Waals surface area (Å²) < 4.78 is 0.916. The molecule has 2 saturated heterocycles. The molecule has 126 valence electrons. The third-order valence-electron chi connectivity index (χ3n) is 4.69. The highest BCUT2D eigenvalue weighted by Gasteiger charge is 2.35. The summed E-state index contributed by atoms with van der Waals surface area (Å²) in [6.45, 7) is 2.64. The summed E-state index contributed by atoms with van der Waals surface area (Å²) in [7, 11) is 0. The number of carbonyl (C=O) groups is 1. The van der Waals surface area contributed by atoms with Crippen LogP contribution in [0.25, 0.3) is 11.0 Å². The van der Waals surface area contributed by atoms with Crippen molar-refractivity contribution in [2.75, 3.05) is 36.0 Å². The third-order valence-corrected chi connectivity index (χ3v) is 6.07. The highest BCUT2D eigenvalue weighted by Crippen LogP contribution is 2.32. The van der Waals surface area contributed by atoms with Crippen LogP contribution in [0.5, 0.6) is 0 Å². The molecule has 2 aromatic heterocycles. The zero-order chi connectivity index (χ0) is 16.5. The summed E-state index contributed by atoms with van der Waals surface area (Å²) in [6.07, 6.45) is 5.56. The van der Waals surface area contributed by atoms with Crippen LogP contribution < -0.4 is 4.90 Å². The molecule has 0 radical (unpaired) electrons. The molecule has 2 aliphatic rings. The summed E-state index contributed by atoms with van der Waals surface area (Å²) in [5, 5.41) is 0. The lowest BCUT2D eigenvalue weighted by Crippen LogP contribution is -2.48. The van der Waals surface area contributed by atoms with Crippen molar-refractivity contribution < 1.29 is 4.79 Å². The Kier molecular flexibility index (Phi) is 4.63. The van der Waals surface area contributed by atoms with Gasteiger partial charge in [-0.1, -0.05) is 0 Å². The van der Waals surface area contributed by atoms with E-state index in [1.807, 2.05) is 35.0 Å². The van der Waals surface area contributed by atoms with Gasteiger partial charge in [-0.3, -0.25) is 14.8 Å². The van der Waals surface area contributed by atoms with Crippen LogP contribution in [-0.2, 0) is 4.79 Å². The van der Waals surface area contributed by atoms with Gasteiger partial charge >= 0.3 is 0 Å². The number of hydrogen-bond acceptors (Lipinski definition) is 5. The topological polar surface area (TPSA) is 49.3 Å². The predicted octanol–water partition coefficient (Wildman–Crippen LogP) is 2.94. The largest absolute Gasteiger partial charge is 0.358 e. The van der Waals surface area contributed by atoms with E-state index in [4.69, 9.17) is 0 Å². The second-order valence-corrected chi connectivity index (χ2v) is 8.28. The van der Waals surface area contributed by atoms with Crippen LogP contribution in [-0.4, -0.2) is 58.0 Å². The molecule has 0 spiro atoms. The van der Waals surface area contributed by atoms with Crippen LogP contribution in [0.3, 0.4) is 0 Å². The van der Waals surface area contributed by atoms with Crippen molar-refractivity contribution in [2.45, 2.75) is 18.9 Å². The van der Waals surface area contributed by atoms with E-state index in [0.717, 1.165) is 65.2 Å². The van der Waals surface area contributed by atoms with Crippen LogP contribution in [0.2, 0.25) is 0 Å². The SMILES string of the molecule is O=C(C1CCCN1c1ccnc2cc(Br)cnc12)N1CCSCC1. The number of aromatic nitrogens is 2. The Bertz CT molecular complexity index is 765. The van der Waals surface area contributed by atoms with Gasteiger partial charge in [-0.05, 0) is 40.9 Å². The van der Waals surface area contributed by atoms with Gasteiger partial charge in [0.2, 0.25) is 5.91 Å². The van der Waals surface area contributed by atoms with E-state index in [1.54, 1.807) is 6.20 Å². The second kappa shape index (κ2) is 6.88. The van der Waals surface area contributed by atoms with E-state index >= 15 is 0 Å². The molecule has 1 atom stereocenters. The number of amides is 1. The van der Waals surface area contributed by atoms with Crippen molar-refractivity contribution in [1.29, 1.82) is 0 Å². The van der Waals surface area contributed by atoms with Crippen LogP contribution in [0.1, 0.15) is 12.8 Å². The van der Waals surface area contributed by atoms with Crippen LogP contribution in [0.15, 0.2) is 29.0 Å². The molecular weight excluding hydrogens is 388 g/mol. The Morgan fingerprint density at radius 1 is 1.25 bits per heavy atom. The van der Waals surface area contributed by atoms with Crippen molar-refractivity contribution in [1.82, 2.24) is 14.9 Å². The fraction of sp³-hybridized carbons (Fsp3) is 0.471. The molecule has 2 aromatic rings. The second-order valence-electron chi connectivity index (χ2n) is 6.14. The van der Waals surface area contributed by atoms with Crippen molar-refractivity contribution in [3.63, 3.8) is 0 Å². The van der Waals surface area contributed by atoms with Gasteiger partial charge in [0.15, 0.2) is 0 Å². The van der Waals surface area contributed by atoms with Crippen LogP contribution in [0, 0.1) is 0 Å². The minimum Gasteiger partial charge on any atom is -0.358 e. The summed E-state index contributed by atoms with van der Waals surface area (Å²) >= 11 is 5.38. The van der Waals surface area contributed by atoms with Gasteiger partial charge in [0.1, 0.15) is 11.6 Å². The molecule has 24 heavy (non-hydrogen) atoms. The minimum absolute atomic E-state index is 0.0656. The van der Waals surface area contributed by atoms with E-state index in [0.29, 0.717) is 0 Å². The zero-order valence-corrected chi connectivity index (χ0v) is 15.7. The Balaban J connectivity index is 1.66. The predicted molar refractivity (Wildman–Crippen MR) is 102 cm³/mol. The molecular formula is C17H19BrN4OS. The first-order valence-electron chi connectivity index (χ1n) is 8.27. The Morgan fingerprint density at radius 3 is 2.92 bits per heavy atom. The van der Waals surface area contributed by atoms with E-state index in [-0.39, 0.29) is 11.9 Å². The van der Waals surface area contributed by atoms with Crippen molar-refractivity contribution in [3.8, 4) is 0 Å². The molecule has 1 amide bonds. The lowest BCUT2D eigenvalue weighted by Gasteiger charge is -2.33. The molecule has 0 bridgehead atoms. The zero-order valence-electron chi connectivity index (χ0n) is 13.3. The Labute approximate surface area is 153 Å². The number of halogens is 1. The quantitative estimate of drug-likeness (QED) is 0.766. The fourth-order valence-electron chi connectivity index (χ4n) is 3.53. The van der Waals surface area contributed by atoms with E-state index in [9.17, 15) is 4.79 Å². The highest BCUT2D eigenvalue weighted by atomic mass is 79.9. The lowest BCUT2D eigenvalue weighted by atomic mass is 10.1. The summed E-state index contributed by atoms with van der Waals surface area (Å²) in [4.78, 5) is 26.2. The van der Waals surface area contributed by atoms with Gasteiger partial charge < -0.3 is 9.80 Å². The fourth-order valence-corrected chi connectivity index (χ4v) is 4.75. The van der Waals surface area contributed by atoms with Gasteiger partial charge in [-0.2, -0.15) is 11.8 Å². The standard InChI is InChI=1S/C17H19BrN4OS/c18-12-10-13-16(20-11-12)14(3-4-19-13)22-5-1-2-15(22)17(23)21-6-8-24-9-7-21/h3-4,10-11,15H,1-2,5-9H2. The van der Waals surface area contributed by atoms with Crippen molar-refractivity contribution >= 4 is 50.3 Å². The van der Waals surface area contributed by atoms with Gasteiger partial charge in [0.05, 0.1) is 11.2 Å². The molecule has 4 heterocycles. The lowest BCUT2D eigenvalue weighted by molar-refractivity contribution is -0.132. The summed E-state index contributed by atoms with van der Waals surface area (Å²) in [5.41, 5.74) is 2.75. The first-order chi connectivity index (χ1) is 11.7. The number of pyridine rings is 2. The molecule has 4 rings (SSSR count). The first-order valence-corrected chi connectivity index (χ1v) is 10.2. The monoisotopic (exact) mass is 406 g/mol. The molecule has 0 saturated carbocycles. The van der Waals surface area contributed by atoms with Gasteiger partial charge in [0.25, 0.3) is 0 Å².